The Bertz CT molecular complexity index is 1120. The topological polar surface area (TPSA) is 86.7 Å². The van der Waals surface area contributed by atoms with Gasteiger partial charge in [0.15, 0.2) is 0 Å². The molecule has 2 N–H and O–H groups in total. The van der Waals surface area contributed by atoms with E-state index in [1.165, 1.54) is 0 Å². The van der Waals surface area contributed by atoms with Crippen molar-refractivity contribution in [2.75, 3.05) is 16.2 Å². The van der Waals surface area contributed by atoms with Crippen molar-refractivity contribution in [3.63, 3.8) is 0 Å². The molecule has 0 aliphatic carbocycles. The van der Waals surface area contributed by atoms with Crippen LogP contribution in [0.1, 0.15) is 41.2 Å². The van der Waals surface area contributed by atoms with Gasteiger partial charge in [-0.15, -0.1) is 6.42 Å². The number of benzene rings is 2. The molecule has 0 spiro atoms. The van der Waals surface area contributed by atoms with Gasteiger partial charge in [0.05, 0.1) is 23.5 Å². The van der Waals surface area contributed by atoms with Crippen LogP contribution in [0.15, 0.2) is 29.2 Å². The third kappa shape index (κ3) is 5.39. The van der Waals surface area contributed by atoms with E-state index in [1.54, 1.807) is 26.0 Å². The fraction of sp³-hybridized carbons (Fsp3) is 0.375. The Labute approximate surface area is 185 Å². The van der Waals surface area contributed by atoms with Crippen LogP contribution in [0.4, 0.5) is 11.4 Å². The molecule has 31 heavy (non-hydrogen) atoms. The van der Waals surface area contributed by atoms with Crippen LogP contribution in [-0.4, -0.2) is 32.1 Å². The molecule has 0 saturated heterocycles. The fourth-order valence-electron chi connectivity index (χ4n) is 3.68. The number of nitrogens with zero attached hydrogens (tertiary/aromatic N) is 1. The number of carbonyl (C=O) groups is 1. The summed E-state index contributed by atoms with van der Waals surface area (Å²) in [6, 6.07) is 6.93. The van der Waals surface area contributed by atoms with Gasteiger partial charge in [-0.25, -0.2) is 8.42 Å². The molecule has 1 atom stereocenters. The Balaban J connectivity index is 2.42. The standard InChI is InChI=1S/C24H30N2O4S/c1-8-11-26(18(5)14-23(27)28)21-9-10-22(17(4)13-21)25-31(29,30)24-19(6)15(2)12-16(3)20(24)7/h1,9-10,12-13,18,25H,11,14H2,2-7H3,(H,27,28)/t18-/m0/s1. The van der Waals surface area contributed by atoms with E-state index >= 15 is 0 Å². The van der Waals surface area contributed by atoms with Crippen molar-refractivity contribution in [1.82, 2.24) is 0 Å². The van der Waals surface area contributed by atoms with Gasteiger partial charge in [0.2, 0.25) is 0 Å². The Kier molecular flexibility index (Phi) is 7.40. The summed E-state index contributed by atoms with van der Waals surface area (Å²) in [6.07, 6.45) is 5.42. The lowest BCUT2D eigenvalue weighted by Gasteiger charge is -2.29. The Morgan fingerprint density at radius 3 is 2.16 bits per heavy atom. The lowest BCUT2D eigenvalue weighted by atomic mass is 10.0. The molecule has 2 aromatic rings. The lowest BCUT2D eigenvalue weighted by Crippen LogP contribution is -2.35. The molecule has 2 rings (SSSR count). The van der Waals surface area contributed by atoms with Crippen LogP contribution in [0, 0.1) is 47.0 Å². The number of aryl methyl sites for hydroxylation is 3. The molecule has 0 bridgehead atoms. The first-order valence-electron chi connectivity index (χ1n) is 10.0. The van der Waals surface area contributed by atoms with E-state index < -0.39 is 16.0 Å². The van der Waals surface area contributed by atoms with E-state index in [1.807, 2.05) is 44.7 Å². The summed E-state index contributed by atoms with van der Waals surface area (Å²) >= 11 is 0. The largest absolute Gasteiger partial charge is 0.481 e. The van der Waals surface area contributed by atoms with Crippen molar-refractivity contribution in [3.8, 4) is 12.3 Å². The van der Waals surface area contributed by atoms with Crippen LogP contribution in [-0.2, 0) is 14.8 Å². The first-order valence-corrected chi connectivity index (χ1v) is 11.5. The monoisotopic (exact) mass is 442 g/mol. The smallest absolute Gasteiger partial charge is 0.305 e. The molecule has 0 aliphatic rings. The van der Waals surface area contributed by atoms with Crippen molar-refractivity contribution >= 4 is 27.4 Å². The number of carboxylic acids is 1. The molecule has 0 saturated carbocycles. The molecular formula is C24H30N2O4S. The minimum absolute atomic E-state index is 0.0552. The van der Waals surface area contributed by atoms with E-state index in [9.17, 15) is 13.2 Å². The quantitative estimate of drug-likeness (QED) is 0.594. The zero-order valence-electron chi connectivity index (χ0n) is 18.9. The summed E-state index contributed by atoms with van der Waals surface area (Å²) in [4.78, 5) is 13.2. The van der Waals surface area contributed by atoms with Crippen molar-refractivity contribution in [2.24, 2.45) is 0 Å². The number of rotatable bonds is 8. The van der Waals surface area contributed by atoms with Crippen LogP contribution < -0.4 is 9.62 Å². The molecule has 6 nitrogen and oxygen atoms in total. The second-order valence-electron chi connectivity index (χ2n) is 7.97. The van der Waals surface area contributed by atoms with Gasteiger partial charge in [-0.3, -0.25) is 9.52 Å². The summed E-state index contributed by atoms with van der Waals surface area (Å²) in [5.74, 6) is 1.65. The van der Waals surface area contributed by atoms with Gasteiger partial charge in [0, 0.05) is 11.7 Å². The van der Waals surface area contributed by atoms with Crippen molar-refractivity contribution in [1.29, 1.82) is 0 Å². The first kappa shape index (κ1) is 24.3. The number of sulfonamides is 1. The molecule has 7 heteroatoms. The molecule has 166 valence electrons. The fourth-order valence-corrected chi connectivity index (χ4v) is 5.43. The van der Waals surface area contributed by atoms with Crippen molar-refractivity contribution in [3.05, 3.63) is 52.1 Å². The number of aliphatic carboxylic acids is 1. The summed E-state index contributed by atoms with van der Waals surface area (Å²) in [6.45, 7) is 11.3. The maximum absolute atomic E-state index is 13.2. The molecule has 0 unspecified atom stereocenters. The predicted molar refractivity (Wildman–Crippen MR) is 125 cm³/mol. The zero-order chi connectivity index (χ0) is 23.5. The lowest BCUT2D eigenvalue weighted by molar-refractivity contribution is -0.137. The van der Waals surface area contributed by atoms with Crippen LogP contribution in [0.2, 0.25) is 0 Å². The zero-order valence-corrected chi connectivity index (χ0v) is 19.7. The van der Waals surface area contributed by atoms with Crippen LogP contribution in [0.3, 0.4) is 0 Å². The van der Waals surface area contributed by atoms with E-state index in [0.717, 1.165) is 27.9 Å². The molecule has 0 fully saturated rings. The SMILES string of the molecule is C#CCN(c1ccc(NS(=O)(=O)c2c(C)c(C)cc(C)c2C)c(C)c1)[C@@H](C)CC(=O)O. The van der Waals surface area contributed by atoms with E-state index in [-0.39, 0.29) is 19.0 Å². The normalized spacial score (nSPS) is 12.2. The van der Waals surface area contributed by atoms with E-state index in [4.69, 9.17) is 11.5 Å². The van der Waals surface area contributed by atoms with Gasteiger partial charge in [0.1, 0.15) is 0 Å². The van der Waals surface area contributed by atoms with Gasteiger partial charge in [-0.1, -0.05) is 12.0 Å². The highest BCUT2D eigenvalue weighted by Gasteiger charge is 2.23. The minimum atomic E-state index is -3.79. The highest BCUT2D eigenvalue weighted by atomic mass is 32.2. The Morgan fingerprint density at radius 1 is 1.10 bits per heavy atom. The van der Waals surface area contributed by atoms with E-state index in [0.29, 0.717) is 16.1 Å². The summed E-state index contributed by atoms with van der Waals surface area (Å²) in [7, 11) is -3.79. The summed E-state index contributed by atoms with van der Waals surface area (Å²) in [5.41, 5.74) is 5.23. The number of hydrogen-bond donors (Lipinski definition) is 2. The second-order valence-corrected chi connectivity index (χ2v) is 9.59. The van der Waals surface area contributed by atoms with Gasteiger partial charge in [0.25, 0.3) is 10.0 Å². The number of hydrogen-bond acceptors (Lipinski definition) is 4. The Morgan fingerprint density at radius 2 is 1.68 bits per heavy atom. The third-order valence-electron chi connectivity index (χ3n) is 5.62. The highest BCUT2D eigenvalue weighted by molar-refractivity contribution is 7.92. The molecule has 0 radical (unpaired) electrons. The van der Waals surface area contributed by atoms with Crippen molar-refractivity contribution in [2.45, 2.75) is 58.9 Å². The third-order valence-corrected chi connectivity index (χ3v) is 7.25. The van der Waals surface area contributed by atoms with Gasteiger partial charge < -0.3 is 10.0 Å². The molecule has 0 amide bonds. The average Bonchev–Trinajstić information content (AvgIpc) is 2.65. The molecule has 0 aromatic heterocycles. The summed E-state index contributed by atoms with van der Waals surface area (Å²) in [5, 5.41) is 9.11. The summed E-state index contributed by atoms with van der Waals surface area (Å²) < 4.78 is 29.2. The number of anilines is 2. The van der Waals surface area contributed by atoms with Crippen LogP contribution in [0.25, 0.3) is 0 Å². The van der Waals surface area contributed by atoms with Crippen molar-refractivity contribution < 1.29 is 18.3 Å². The number of terminal acetylenes is 1. The molecular weight excluding hydrogens is 412 g/mol. The second kappa shape index (κ2) is 9.44. The van der Waals surface area contributed by atoms with Gasteiger partial charge >= 0.3 is 5.97 Å². The molecule has 0 aliphatic heterocycles. The molecule has 0 heterocycles. The highest BCUT2D eigenvalue weighted by Crippen LogP contribution is 2.30. The minimum Gasteiger partial charge on any atom is -0.481 e. The average molecular weight is 443 g/mol. The predicted octanol–water partition coefficient (Wildman–Crippen LogP) is 4.33. The first-order chi connectivity index (χ1) is 14.4. The number of carboxylic acid groups (broad SMARTS) is 1. The van der Waals surface area contributed by atoms with Crippen LogP contribution >= 0.6 is 0 Å². The number of nitrogens with one attached hydrogen (secondary N) is 1. The maximum atomic E-state index is 13.2. The molecule has 2 aromatic carbocycles. The van der Waals surface area contributed by atoms with Crippen LogP contribution in [0.5, 0.6) is 0 Å². The van der Waals surface area contributed by atoms with Gasteiger partial charge in [-0.05, 0) is 87.6 Å². The van der Waals surface area contributed by atoms with E-state index in [2.05, 4.69) is 10.6 Å². The van der Waals surface area contributed by atoms with Gasteiger partial charge in [-0.2, -0.15) is 0 Å². The Hall–Kier alpha value is -2.98. The maximum Gasteiger partial charge on any atom is 0.305 e.